The number of ether oxygens (including phenoxy) is 4. The number of aliphatic imine (C=N–C) groups is 1. The number of aliphatic hydroxyl groups is 1. The molecule has 19 atom stereocenters. The summed E-state index contributed by atoms with van der Waals surface area (Å²) in [5, 5.41) is 76.7. The van der Waals surface area contributed by atoms with Crippen LogP contribution in [0.4, 0.5) is 0 Å². The Bertz CT molecular complexity index is 1490. The molecule has 0 aromatic rings. The van der Waals surface area contributed by atoms with Gasteiger partial charge in [-0.3, -0.25) is 9.79 Å². The fourth-order valence-corrected chi connectivity index (χ4v) is 12.4. The first-order chi connectivity index (χ1) is 29.6. The normalized spacial score (nSPS) is 43.5. The number of hydrogen-bond acceptors (Lipinski definition) is 22. The van der Waals surface area contributed by atoms with Crippen LogP contribution in [0.5, 0.6) is 0 Å². The first-order valence-corrected chi connectivity index (χ1v) is 23.0. The molecule has 0 aromatic heterocycles. The van der Waals surface area contributed by atoms with E-state index >= 15 is 0 Å². The molecule has 0 aromatic carbocycles. The highest BCUT2D eigenvalue weighted by molar-refractivity contribution is 7.95. The van der Waals surface area contributed by atoms with Crippen molar-refractivity contribution in [2.24, 2.45) is 71.0 Å². The fourth-order valence-electron chi connectivity index (χ4n) is 11.0. The highest BCUT2D eigenvalue weighted by atomic mass is 32.2. The zero-order valence-electron chi connectivity index (χ0n) is 35.2. The quantitative estimate of drug-likeness (QED) is 0.0282. The lowest BCUT2D eigenvalue weighted by atomic mass is 9.65. The lowest BCUT2D eigenvalue weighted by molar-refractivity contribution is -0.432. The molecule has 23 heteroatoms. The van der Waals surface area contributed by atoms with Gasteiger partial charge in [0, 0.05) is 69.5 Å². The van der Waals surface area contributed by atoms with E-state index in [-0.39, 0.29) is 88.7 Å². The van der Waals surface area contributed by atoms with Gasteiger partial charge in [0.2, 0.25) is 0 Å². The third-order valence-corrected chi connectivity index (χ3v) is 15.9. The Labute approximate surface area is 364 Å². The fraction of sp³-hybridized carbons (Fsp3) is 0.947. The van der Waals surface area contributed by atoms with E-state index in [2.05, 4.69) is 15.1 Å². The van der Waals surface area contributed by atoms with Gasteiger partial charge in [-0.15, -0.1) is 8.67 Å². The topological polar surface area (TPSA) is 284 Å². The van der Waals surface area contributed by atoms with Crippen LogP contribution >= 0.6 is 24.1 Å². The summed E-state index contributed by atoms with van der Waals surface area (Å²) >= 11 is 1.98. The van der Waals surface area contributed by atoms with Crippen LogP contribution in [0.25, 0.3) is 0 Å². The molecule has 0 bridgehead atoms. The predicted molar refractivity (Wildman–Crippen MR) is 220 cm³/mol. The largest absolute Gasteiger partial charge is 0.487 e. The van der Waals surface area contributed by atoms with Gasteiger partial charge in [0.05, 0.1) is 72.9 Å². The number of nitrogens with zero attached hydrogens (tertiary/aromatic N) is 7. The van der Waals surface area contributed by atoms with Crippen LogP contribution in [0.3, 0.4) is 0 Å². The Morgan fingerprint density at radius 1 is 0.639 bits per heavy atom. The predicted octanol–water partition coefficient (Wildman–Crippen LogP) is 5.53. The molecule has 6 N–H and O–H groups in total. The molecular formula is C38H64N8O13S2. The SMILES string of the molecule is COC=NC1CCC(N=NC2CC(OC)C(N=NC3C(SOOO)CC4CCC(N=NC5CC(OC)C(N)CC5OC)CC4C3O)C3CCC(SOOO)CC23)CC1C(=O)O. The Balaban J connectivity index is 1.18. The van der Waals surface area contributed by atoms with Crippen molar-refractivity contribution in [1.82, 2.24) is 0 Å². The number of nitrogens with two attached hydrogens (primary N) is 1. The molecule has 19 unspecified atom stereocenters. The van der Waals surface area contributed by atoms with Crippen LogP contribution in [0.15, 0.2) is 35.7 Å². The van der Waals surface area contributed by atoms with Crippen molar-refractivity contribution in [3.05, 3.63) is 0 Å². The van der Waals surface area contributed by atoms with E-state index in [0.717, 1.165) is 49.8 Å². The minimum atomic E-state index is -0.924. The number of methoxy groups -OCH3 is 4. The Morgan fingerprint density at radius 2 is 1.31 bits per heavy atom. The number of rotatable bonds is 18. The second-order valence-electron chi connectivity index (χ2n) is 17.4. The Kier molecular flexibility index (Phi) is 18.9. The monoisotopic (exact) mass is 904 g/mol. The maximum atomic E-state index is 12.2. The van der Waals surface area contributed by atoms with Gasteiger partial charge in [-0.1, -0.05) is 10.1 Å². The summed E-state index contributed by atoms with van der Waals surface area (Å²) in [5.41, 5.74) is 6.30. The van der Waals surface area contributed by atoms with Gasteiger partial charge in [0.15, 0.2) is 6.40 Å². The zero-order chi connectivity index (χ0) is 43.5. The van der Waals surface area contributed by atoms with Gasteiger partial charge in [-0.05, 0) is 94.3 Å². The molecule has 0 radical (unpaired) electrons. The molecule has 6 saturated carbocycles. The van der Waals surface area contributed by atoms with Gasteiger partial charge in [-0.25, -0.2) is 10.5 Å². The van der Waals surface area contributed by atoms with Crippen LogP contribution in [0, 0.1) is 29.6 Å². The number of fused-ring (bicyclic) bond motifs is 2. The van der Waals surface area contributed by atoms with E-state index in [1.54, 1.807) is 21.3 Å². The molecule has 346 valence electrons. The number of carboxylic acids is 1. The van der Waals surface area contributed by atoms with Gasteiger partial charge < -0.3 is 34.9 Å². The van der Waals surface area contributed by atoms with Crippen LogP contribution in [-0.4, -0.2) is 145 Å². The Morgan fingerprint density at radius 3 is 2.02 bits per heavy atom. The molecule has 6 rings (SSSR count). The highest BCUT2D eigenvalue weighted by Crippen LogP contribution is 2.49. The zero-order valence-corrected chi connectivity index (χ0v) is 36.9. The average Bonchev–Trinajstić information content (AvgIpc) is 3.27. The van der Waals surface area contributed by atoms with Gasteiger partial charge >= 0.3 is 5.97 Å². The summed E-state index contributed by atoms with van der Waals surface area (Å²) in [7, 11) is 6.44. The molecule has 0 saturated heterocycles. The highest BCUT2D eigenvalue weighted by Gasteiger charge is 2.51. The number of hydrogen-bond donors (Lipinski definition) is 5. The summed E-state index contributed by atoms with van der Waals surface area (Å²) < 4.78 is 32.2. The van der Waals surface area contributed by atoms with E-state index in [4.69, 9.17) is 74.5 Å². The smallest absolute Gasteiger partial charge is 0.308 e. The van der Waals surface area contributed by atoms with Crippen molar-refractivity contribution in [2.45, 2.75) is 167 Å². The minimum absolute atomic E-state index is 0.00403. The minimum Gasteiger partial charge on any atom is -0.487 e. The van der Waals surface area contributed by atoms with Crippen molar-refractivity contribution in [3.8, 4) is 0 Å². The van der Waals surface area contributed by atoms with E-state index in [9.17, 15) is 15.0 Å². The van der Waals surface area contributed by atoms with E-state index in [1.807, 2.05) is 0 Å². The third-order valence-electron chi connectivity index (χ3n) is 14.2. The number of carbonyl (C=O) groups is 1. The van der Waals surface area contributed by atoms with E-state index < -0.39 is 30.1 Å². The van der Waals surface area contributed by atoms with Crippen molar-refractivity contribution in [2.75, 3.05) is 28.4 Å². The van der Waals surface area contributed by atoms with Crippen molar-refractivity contribution < 1.29 is 63.2 Å². The second-order valence-corrected chi connectivity index (χ2v) is 19.3. The molecular weight excluding hydrogens is 841 g/mol. The molecule has 0 amide bonds. The van der Waals surface area contributed by atoms with Gasteiger partial charge in [-0.2, -0.15) is 30.7 Å². The first-order valence-electron chi connectivity index (χ1n) is 21.4. The molecule has 0 spiro atoms. The van der Waals surface area contributed by atoms with Gasteiger partial charge in [0.1, 0.15) is 12.1 Å². The number of carboxylic acid groups (broad SMARTS) is 1. The van der Waals surface area contributed by atoms with Crippen molar-refractivity contribution >= 4 is 36.5 Å². The summed E-state index contributed by atoms with van der Waals surface area (Å²) in [6.45, 7) is 0. The van der Waals surface area contributed by atoms with Crippen LogP contribution in [-0.2, 0) is 42.5 Å². The van der Waals surface area contributed by atoms with Crippen molar-refractivity contribution in [3.63, 3.8) is 0 Å². The second kappa shape index (κ2) is 23.8. The van der Waals surface area contributed by atoms with E-state index in [0.29, 0.717) is 57.8 Å². The maximum absolute atomic E-state index is 12.2. The average molecular weight is 905 g/mol. The first kappa shape index (κ1) is 48.5. The number of aliphatic carboxylic acids is 1. The molecule has 0 aliphatic heterocycles. The summed E-state index contributed by atoms with van der Waals surface area (Å²) in [6, 6.07) is -2.38. The number of azo groups is 3. The summed E-state index contributed by atoms with van der Waals surface area (Å²) in [5.74, 6) is -1.63. The summed E-state index contributed by atoms with van der Waals surface area (Å²) in [6.07, 6.45) is 8.06. The molecule has 61 heavy (non-hydrogen) atoms. The van der Waals surface area contributed by atoms with E-state index in [1.165, 1.54) is 13.5 Å². The lowest BCUT2D eigenvalue weighted by Crippen LogP contribution is -2.52. The van der Waals surface area contributed by atoms with Crippen molar-refractivity contribution in [1.29, 1.82) is 0 Å². The lowest BCUT2D eigenvalue weighted by Gasteiger charge is -2.48. The molecule has 6 fully saturated rings. The molecule has 6 aliphatic rings. The standard InChI is InChI=1S/C38H64N8O13S2/c1-52-18-40-28-10-7-21(13-26(28)38(48)49)41-43-29-16-33(55-4)35(23-9-8-22(14-25(23)29)60-58-56-50)45-46-36-34(61-59-57-51)11-19-5-6-20(12-24(19)37(36)47)42-44-30-17-31(53-2)27(39)15-32(30)54-3/h18-37,47,50-51H,5-17,39H2,1-4H3,(H,48,49). The Hall–Kier alpha value is -2.00. The molecule has 21 nitrogen and oxygen atoms in total. The third kappa shape index (κ3) is 12.2. The molecule has 6 aliphatic carbocycles. The van der Waals surface area contributed by atoms with Gasteiger partial charge in [0.25, 0.3) is 0 Å². The maximum Gasteiger partial charge on any atom is 0.308 e. The van der Waals surface area contributed by atoms with Crippen LogP contribution < -0.4 is 5.73 Å². The van der Waals surface area contributed by atoms with Crippen LogP contribution in [0.2, 0.25) is 0 Å². The summed E-state index contributed by atoms with van der Waals surface area (Å²) in [4.78, 5) is 16.5. The van der Waals surface area contributed by atoms with Crippen LogP contribution in [0.1, 0.15) is 83.5 Å². The molecule has 0 heterocycles. The number of aliphatic hydroxyl groups excluding tert-OH is 1.